The Hall–Kier alpha value is -1.71. The van der Waals surface area contributed by atoms with Gasteiger partial charge in [-0.1, -0.05) is 20.8 Å². The lowest BCUT2D eigenvalue weighted by Gasteiger charge is -2.39. The highest BCUT2D eigenvalue weighted by atomic mass is 16.2. The molecule has 0 spiro atoms. The summed E-state index contributed by atoms with van der Waals surface area (Å²) in [5.74, 6) is 0.0546. The third-order valence-corrected chi connectivity index (χ3v) is 4.98. The molecule has 4 nitrogen and oxygen atoms in total. The zero-order valence-corrected chi connectivity index (χ0v) is 13.1. The molecule has 1 aliphatic carbocycles. The molecule has 1 aromatic carbocycles. The maximum absolute atomic E-state index is 12.9. The van der Waals surface area contributed by atoms with Gasteiger partial charge < -0.3 is 16.4 Å². The van der Waals surface area contributed by atoms with Crippen molar-refractivity contribution in [2.24, 2.45) is 10.8 Å². The summed E-state index contributed by atoms with van der Waals surface area (Å²) in [6.45, 7) is 7.76. The topological polar surface area (TPSA) is 72.3 Å². The number of likely N-dealkylation sites (tertiary alicyclic amines) is 1. The molecule has 114 valence electrons. The molecule has 0 radical (unpaired) electrons. The summed E-state index contributed by atoms with van der Waals surface area (Å²) in [6, 6.07) is 5.50. The third-order valence-electron chi connectivity index (χ3n) is 4.98. The minimum Gasteiger partial charge on any atom is -0.399 e. The fourth-order valence-electron chi connectivity index (χ4n) is 4.63. The number of nitrogens with zero attached hydrogens (tertiary/aromatic N) is 1. The van der Waals surface area contributed by atoms with E-state index < -0.39 is 0 Å². The summed E-state index contributed by atoms with van der Waals surface area (Å²) in [4.78, 5) is 14.9. The molecule has 2 fully saturated rings. The number of carbonyl (C=O) groups excluding carboxylic acids is 1. The minimum atomic E-state index is 0.0546. The van der Waals surface area contributed by atoms with Crippen molar-refractivity contribution in [3.05, 3.63) is 23.8 Å². The molecule has 1 amide bonds. The van der Waals surface area contributed by atoms with Crippen molar-refractivity contribution in [2.45, 2.75) is 46.1 Å². The first-order chi connectivity index (χ1) is 9.69. The van der Waals surface area contributed by atoms with Gasteiger partial charge in [0.25, 0.3) is 5.91 Å². The summed E-state index contributed by atoms with van der Waals surface area (Å²) in [5, 5.41) is 0. The van der Waals surface area contributed by atoms with Gasteiger partial charge in [0.05, 0.1) is 5.56 Å². The van der Waals surface area contributed by atoms with Crippen molar-refractivity contribution in [2.75, 3.05) is 18.0 Å². The standard InChI is InChI=1S/C17H25N3O/c1-16(2)7-12-8-17(3,9-16)10-20(12)15(21)13-5-4-11(18)6-14(13)19/h4-6,12H,7-10,18-19H2,1-3H3. The van der Waals surface area contributed by atoms with Crippen LogP contribution in [0.5, 0.6) is 0 Å². The van der Waals surface area contributed by atoms with Crippen LogP contribution in [-0.2, 0) is 0 Å². The van der Waals surface area contributed by atoms with E-state index in [0.717, 1.165) is 19.4 Å². The van der Waals surface area contributed by atoms with Crippen LogP contribution < -0.4 is 11.5 Å². The van der Waals surface area contributed by atoms with E-state index >= 15 is 0 Å². The molecule has 2 bridgehead atoms. The summed E-state index contributed by atoms with van der Waals surface area (Å²) in [7, 11) is 0. The molecular weight excluding hydrogens is 262 g/mol. The van der Waals surface area contributed by atoms with E-state index in [2.05, 4.69) is 20.8 Å². The van der Waals surface area contributed by atoms with Crippen molar-refractivity contribution in [3.8, 4) is 0 Å². The van der Waals surface area contributed by atoms with Gasteiger partial charge in [-0.25, -0.2) is 0 Å². The van der Waals surface area contributed by atoms with E-state index in [4.69, 9.17) is 11.5 Å². The van der Waals surface area contributed by atoms with E-state index in [1.165, 1.54) is 6.42 Å². The predicted octanol–water partition coefficient (Wildman–Crippen LogP) is 2.89. The van der Waals surface area contributed by atoms with Crippen LogP contribution in [0.4, 0.5) is 11.4 Å². The second-order valence-electron chi connectivity index (χ2n) is 7.99. The number of carbonyl (C=O) groups is 1. The van der Waals surface area contributed by atoms with Crippen LogP contribution in [0.3, 0.4) is 0 Å². The van der Waals surface area contributed by atoms with Crippen molar-refractivity contribution in [1.82, 2.24) is 4.90 Å². The number of hydrogen-bond acceptors (Lipinski definition) is 3. The summed E-state index contributed by atoms with van der Waals surface area (Å²) in [6.07, 6.45) is 3.36. The molecule has 4 heteroatoms. The van der Waals surface area contributed by atoms with E-state index in [1.54, 1.807) is 18.2 Å². The average molecular weight is 287 g/mol. The Morgan fingerprint density at radius 1 is 1.24 bits per heavy atom. The van der Waals surface area contributed by atoms with Crippen LogP contribution in [0.15, 0.2) is 18.2 Å². The molecule has 0 aromatic heterocycles. The molecule has 3 rings (SSSR count). The second-order valence-corrected chi connectivity index (χ2v) is 7.99. The monoisotopic (exact) mass is 287 g/mol. The number of hydrogen-bond donors (Lipinski definition) is 2. The molecule has 4 N–H and O–H groups in total. The molecule has 1 saturated heterocycles. The van der Waals surface area contributed by atoms with Crippen LogP contribution in [-0.4, -0.2) is 23.4 Å². The Morgan fingerprint density at radius 3 is 2.62 bits per heavy atom. The van der Waals surface area contributed by atoms with Crippen molar-refractivity contribution < 1.29 is 4.79 Å². The van der Waals surface area contributed by atoms with Crippen LogP contribution in [0.2, 0.25) is 0 Å². The van der Waals surface area contributed by atoms with Gasteiger partial charge in [0, 0.05) is 24.0 Å². The Morgan fingerprint density at radius 2 is 1.95 bits per heavy atom. The van der Waals surface area contributed by atoms with Gasteiger partial charge in [0.1, 0.15) is 0 Å². The van der Waals surface area contributed by atoms with Gasteiger partial charge in [-0.3, -0.25) is 4.79 Å². The Balaban J connectivity index is 1.90. The molecule has 2 aliphatic rings. The Labute approximate surface area is 126 Å². The molecule has 2 atom stereocenters. The van der Waals surface area contributed by atoms with Crippen molar-refractivity contribution in [3.63, 3.8) is 0 Å². The average Bonchev–Trinajstić information content (AvgIpc) is 2.57. The highest BCUT2D eigenvalue weighted by Crippen LogP contribution is 2.52. The molecule has 1 saturated carbocycles. The molecule has 2 unspecified atom stereocenters. The number of nitrogens with two attached hydrogens (primary N) is 2. The van der Waals surface area contributed by atoms with Gasteiger partial charge in [-0.05, 0) is 48.3 Å². The van der Waals surface area contributed by atoms with Gasteiger partial charge in [0.15, 0.2) is 0 Å². The maximum Gasteiger partial charge on any atom is 0.256 e. The predicted molar refractivity (Wildman–Crippen MR) is 85.8 cm³/mol. The molecule has 1 heterocycles. The quantitative estimate of drug-likeness (QED) is 0.780. The molecule has 21 heavy (non-hydrogen) atoms. The first kappa shape index (κ1) is 14.2. The number of rotatable bonds is 1. The fourth-order valence-corrected chi connectivity index (χ4v) is 4.63. The van der Waals surface area contributed by atoms with Crippen molar-refractivity contribution >= 4 is 17.3 Å². The molecular formula is C17H25N3O. The zero-order chi connectivity index (χ0) is 15.4. The van der Waals surface area contributed by atoms with Crippen LogP contribution >= 0.6 is 0 Å². The summed E-state index contributed by atoms with van der Waals surface area (Å²) < 4.78 is 0. The van der Waals surface area contributed by atoms with E-state index in [0.29, 0.717) is 28.4 Å². The number of benzene rings is 1. The number of amides is 1. The lowest BCUT2D eigenvalue weighted by molar-refractivity contribution is 0.0709. The van der Waals surface area contributed by atoms with Gasteiger partial charge >= 0.3 is 0 Å². The highest BCUT2D eigenvalue weighted by Gasteiger charge is 2.51. The third kappa shape index (κ3) is 2.47. The zero-order valence-electron chi connectivity index (χ0n) is 13.1. The summed E-state index contributed by atoms with van der Waals surface area (Å²) in [5.41, 5.74) is 13.9. The highest BCUT2D eigenvalue weighted by molar-refractivity contribution is 6.00. The van der Waals surface area contributed by atoms with Crippen molar-refractivity contribution in [1.29, 1.82) is 0 Å². The van der Waals surface area contributed by atoms with E-state index in [9.17, 15) is 4.79 Å². The molecule has 1 aliphatic heterocycles. The largest absolute Gasteiger partial charge is 0.399 e. The number of anilines is 2. The van der Waals surface area contributed by atoms with Crippen LogP contribution in [0.25, 0.3) is 0 Å². The lowest BCUT2D eigenvalue weighted by Crippen LogP contribution is -2.38. The van der Waals surface area contributed by atoms with Crippen LogP contribution in [0.1, 0.15) is 50.4 Å². The fraction of sp³-hybridized carbons (Fsp3) is 0.588. The SMILES string of the molecule is CC1(C)CC2CC(C)(CN2C(=O)c2ccc(N)cc2N)C1. The molecule has 1 aromatic rings. The normalized spacial score (nSPS) is 30.4. The lowest BCUT2D eigenvalue weighted by atomic mass is 9.65. The van der Waals surface area contributed by atoms with Gasteiger partial charge in [-0.15, -0.1) is 0 Å². The summed E-state index contributed by atoms with van der Waals surface area (Å²) >= 11 is 0. The Bertz CT molecular complexity index is 596. The smallest absolute Gasteiger partial charge is 0.256 e. The van der Waals surface area contributed by atoms with Crippen LogP contribution in [0, 0.1) is 10.8 Å². The first-order valence-electron chi connectivity index (χ1n) is 7.65. The van der Waals surface area contributed by atoms with Gasteiger partial charge in [-0.2, -0.15) is 0 Å². The van der Waals surface area contributed by atoms with E-state index in [1.807, 2.05) is 4.90 Å². The maximum atomic E-state index is 12.9. The second kappa shape index (κ2) is 4.39. The minimum absolute atomic E-state index is 0.0546. The van der Waals surface area contributed by atoms with Gasteiger partial charge in [0.2, 0.25) is 0 Å². The first-order valence-corrected chi connectivity index (χ1v) is 7.65. The Kier molecular flexibility index (Phi) is 2.98. The number of nitrogen functional groups attached to an aromatic ring is 2. The van der Waals surface area contributed by atoms with E-state index in [-0.39, 0.29) is 11.3 Å². The number of fused-ring (bicyclic) bond motifs is 2.